The van der Waals surface area contributed by atoms with Gasteiger partial charge in [-0.2, -0.15) is 0 Å². The molecule has 0 spiro atoms. The Labute approximate surface area is 125 Å². The van der Waals surface area contributed by atoms with Gasteiger partial charge in [0.15, 0.2) is 11.5 Å². The third kappa shape index (κ3) is 3.88. The van der Waals surface area contributed by atoms with Crippen molar-refractivity contribution in [3.8, 4) is 11.5 Å². The van der Waals surface area contributed by atoms with E-state index in [1.54, 1.807) is 23.1 Å². The Balaban J connectivity index is 2.18. The fraction of sp³-hybridized carbons (Fsp3) is 0.562. The molecule has 5 nitrogen and oxygen atoms in total. The van der Waals surface area contributed by atoms with Gasteiger partial charge in [0.25, 0.3) is 5.91 Å². The lowest BCUT2D eigenvalue weighted by molar-refractivity contribution is 0.0473. The van der Waals surface area contributed by atoms with Gasteiger partial charge in [-0.25, -0.2) is 0 Å². The number of aliphatic hydroxyl groups excluding tert-OH is 1. The first-order valence-corrected chi connectivity index (χ1v) is 7.52. The molecule has 1 aliphatic heterocycles. The van der Waals surface area contributed by atoms with E-state index in [0.29, 0.717) is 43.4 Å². The first-order chi connectivity index (χ1) is 10.2. The van der Waals surface area contributed by atoms with Gasteiger partial charge >= 0.3 is 0 Å². The van der Waals surface area contributed by atoms with Crippen molar-refractivity contribution < 1.29 is 19.4 Å². The number of piperidine rings is 1. The Hall–Kier alpha value is -1.75. The highest BCUT2D eigenvalue weighted by Gasteiger charge is 2.23. The van der Waals surface area contributed by atoms with Crippen molar-refractivity contribution in [2.75, 3.05) is 26.3 Å². The quantitative estimate of drug-likeness (QED) is 0.903. The molecule has 1 atom stereocenters. The van der Waals surface area contributed by atoms with E-state index in [2.05, 4.69) is 0 Å². The lowest BCUT2D eigenvalue weighted by Gasteiger charge is -2.30. The second-order valence-corrected chi connectivity index (χ2v) is 5.07. The molecule has 0 saturated carbocycles. The molecule has 0 bridgehead atoms. The SMILES string of the molecule is CCOc1ccc(C(=O)N2CCCC(O)C2)cc1OCC. The molecule has 1 unspecified atom stereocenters. The van der Waals surface area contributed by atoms with Crippen LogP contribution in [0.3, 0.4) is 0 Å². The van der Waals surface area contributed by atoms with E-state index in [4.69, 9.17) is 9.47 Å². The van der Waals surface area contributed by atoms with Gasteiger partial charge < -0.3 is 19.5 Å². The van der Waals surface area contributed by atoms with Crippen LogP contribution in [0.15, 0.2) is 18.2 Å². The van der Waals surface area contributed by atoms with Crippen molar-refractivity contribution in [1.82, 2.24) is 4.90 Å². The zero-order valence-corrected chi connectivity index (χ0v) is 12.7. The average molecular weight is 293 g/mol. The predicted octanol–water partition coefficient (Wildman–Crippen LogP) is 2.08. The number of likely N-dealkylation sites (tertiary alicyclic amines) is 1. The second-order valence-electron chi connectivity index (χ2n) is 5.07. The third-order valence-corrected chi connectivity index (χ3v) is 3.47. The number of benzene rings is 1. The Bertz CT molecular complexity index is 489. The van der Waals surface area contributed by atoms with Crippen LogP contribution < -0.4 is 9.47 Å². The Morgan fingerprint density at radius 1 is 1.29 bits per heavy atom. The van der Waals surface area contributed by atoms with E-state index in [0.717, 1.165) is 12.8 Å². The Kier molecular flexibility index (Phi) is 5.44. The molecule has 0 aliphatic carbocycles. The molecule has 1 aliphatic rings. The average Bonchev–Trinajstić information content (AvgIpc) is 2.49. The summed E-state index contributed by atoms with van der Waals surface area (Å²) in [5, 5.41) is 9.69. The molecule has 1 amide bonds. The molecule has 5 heteroatoms. The smallest absolute Gasteiger partial charge is 0.254 e. The van der Waals surface area contributed by atoms with E-state index in [-0.39, 0.29) is 5.91 Å². The predicted molar refractivity (Wildman–Crippen MR) is 79.9 cm³/mol. The van der Waals surface area contributed by atoms with Gasteiger partial charge in [-0.1, -0.05) is 0 Å². The number of hydrogen-bond acceptors (Lipinski definition) is 4. The minimum atomic E-state index is -0.420. The van der Waals surface area contributed by atoms with Crippen molar-refractivity contribution >= 4 is 5.91 Å². The standard InChI is InChI=1S/C16H23NO4/c1-3-20-14-8-7-12(10-15(14)21-4-2)16(19)17-9-5-6-13(18)11-17/h7-8,10,13,18H,3-6,9,11H2,1-2H3. The molecule has 1 N–H and O–H groups in total. The summed E-state index contributed by atoms with van der Waals surface area (Å²) in [6.45, 7) is 5.95. The molecule has 1 aromatic carbocycles. The highest BCUT2D eigenvalue weighted by molar-refractivity contribution is 5.95. The van der Waals surface area contributed by atoms with Gasteiger partial charge in [-0.15, -0.1) is 0 Å². The van der Waals surface area contributed by atoms with Gasteiger partial charge in [-0.05, 0) is 44.9 Å². The van der Waals surface area contributed by atoms with Gasteiger partial charge in [0.05, 0.1) is 19.3 Å². The van der Waals surface area contributed by atoms with Crippen LogP contribution in [-0.4, -0.2) is 48.3 Å². The molecular weight excluding hydrogens is 270 g/mol. The molecular formula is C16H23NO4. The van der Waals surface area contributed by atoms with E-state index in [9.17, 15) is 9.90 Å². The molecule has 116 valence electrons. The maximum absolute atomic E-state index is 12.5. The summed E-state index contributed by atoms with van der Waals surface area (Å²) in [5.41, 5.74) is 0.566. The number of rotatable bonds is 5. The van der Waals surface area contributed by atoms with Crippen LogP contribution in [0.5, 0.6) is 11.5 Å². The third-order valence-electron chi connectivity index (χ3n) is 3.47. The summed E-state index contributed by atoms with van der Waals surface area (Å²) in [6, 6.07) is 5.23. The van der Waals surface area contributed by atoms with Crippen molar-refractivity contribution in [3.63, 3.8) is 0 Å². The molecule has 1 aromatic rings. The molecule has 0 aromatic heterocycles. The number of amides is 1. The maximum Gasteiger partial charge on any atom is 0.254 e. The molecule has 1 saturated heterocycles. The first kappa shape index (κ1) is 15.6. The van der Waals surface area contributed by atoms with E-state index < -0.39 is 6.10 Å². The molecule has 1 fully saturated rings. The van der Waals surface area contributed by atoms with Gasteiger partial charge in [-0.3, -0.25) is 4.79 Å². The summed E-state index contributed by atoms with van der Waals surface area (Å²) >= 11 is 0. The van der Waals surface area contributed by atoms with Crippen molar-refractivity contribution in [3.05, 3.63) is 23.8 Å². The van der Waals surface area contributed by atoms with Crippen LogP contribution in [0.2, 0.25) is 0 Å². The van der Waals surface area contributed by atoms with E-state index in [1.807, 2.05) is 13.8 Å². The summed E-state index contributed by atoms with van der Waals surface area (Å²) in [6.07, 6.45) is 1.18. The van der Waals surface area contributed by atoms with Gasteiger partial charge in [0.1, 0.15) is 0 Å². The van der Waals surface area contributed by atoms with Gasteiger partial charge in [0.2, 0.25) is 0 Å². The fourth-order valence-electron chi connectivity index (χ4n) is 2.51. The molecule has 21 heavy (non-hydrogen) atoms. The summed E-state index contributed by atoms with van der Waals surface area (Å²) in [7, 11) is 0. The zero-order chi connectivity index (χ0) is 15.2. The van der Waals surface area contributed by atoms with Crippen LogP contribution in [0, 0.1) is 0 Å². The number of aliphatic hydroxyl groups is 1. The zero-order valence-electron chi connectivity index (χ0n) is 12.7. The molecule has 2 rings (SSSR count). The summed E-state index contributed by atoms with van der Waals surface area (Å²) < 4.78 is 11.0. The van der Waals surface area contributed by atoms with Crippen molar-refractivity contribution in [1.29, 1.82) is 0 Å². The summed E-state index contributed by atoms with van der Waals surface area (Å²) in [5.74, 6) is 1.16. The summed E-state index contributed by atoms with van der Waals surface area (Å²) in [4.78, 5) is 14.2. The van der Waals surface area contributed by atoms with Gasteiger partial charge in [0, 0.05) is 18.7 Å². The largest absolute Gasteiger partial charge is 0.490 e. The van der Waals surface area contributed by atoms with E-state index in [1.165, 1.54) is 0 Å². The van der Waals surface area contributed by atoms with Crippen LogP contribution in [0.25, 0.3) is 0 Å². The monoisotopic (exact) mass is 293 g/mol. The number of nitrogens with zero attached hydrogens (tertiary/aromatic N) is 1. The number of β-amino-alcohol motifs (C(OH)–C–C–N with tert-alkyl or cyclic N) is 1. The topological polar surface area (TPSA) is 59.0 Å². The fourth-order valence-corrected chi connectivity index (χ4v) is 2.51. The van der Waals surface area contributed by atoms with Crippen LogP contribution in [0.4, 0.5) is 0 Å². The second kappa shape index (κ2) is 7.31. The van der Waals surface area contributed by atoms with Crippen LogP contribution in [0.1, 0.15) is 37.0 Å². The van der Waals surface area contributed by atoms with E-state index >= 15 is 0 Å². The highest BCUT2D eigenvalue weighted by Crippen LogP contribution is 2.29. The Morgan fingerprint density at radius 2 is 2.00 bits per heavy atom. The number of carbonyl (C=O) groups excluding carboxylic acids is 1. The Morgan fingerprint density at radius 3 is 2.67 bits per heavy atom. The van der Waals surface area contributed by atoms with Crippen LogP contribution >= 0.6 is 0 Å². The minimum absolute atomic E-state index is 0.0715. The number of ether oxygens (including phenoxy) is 2. The minimum Gasteiger partial charge on any atom is -0.490 e. The molecule has 1 heterocycles. The van der Waals surface area contributed by atoms with Crippen molar-refractivity contribution in [2.24, 2.45) is 0 Å². The van der Waals surface area contributed by atoms with Crippen molar-refractivity contribution in [2.45, 2.75) is 32.8 Å². The number of hydrogen-bond donors (Lipinski definition) is 1. The normalized spacial score (nSPS) is 18.4. The van der Waals surface area contributed by atoms with Crippen LogP contribution in [-0.2, 0) is 0 Å². The molecule has 0 radical (unpaired) electrons. The lowest BCUT2D eigenvalue weighted by Crippen LogP contribution is -2.42. The number of carbonyl (C=O) groups is 1. The first-order valence-electron chi connectivity index (χ1n) is 7.52. The highest BCUT2D eigenvalue weighted by atomic mass is 16.5. The lowest BCUT2D eigenvalue weighted by atomic mass is 10.1. The maximum atomic E-state index is 12.5.